The van der Waals surface area contributed by atoms with E-state index in [4.69, 9.17) is 12.2 Å². The van der Waals surface area contributed by atoms with Crippen molar-refractivity contribution in [1.82, 2.24) is 24.6 Å². The molecule has 7 heteroatoms. The fourth-order valence-corrected chi connectivity index (χ4v) is 3.51. The molecule has 0 atom stereocenters. The van der Waals surface area contributed by atoms with Gasteiger partial charge in [-0.15, -0.1) is 0 Å². The molecule has 5 nitrogen and oxygen atoms in total. The van der Waals surface area contributed by atoms with Crippen LogP contribution in [0.1, 0.15) is 0 Å². The Kier molecular flexibility index (Phi) is 4.49. The van der Waals surface area contributed by atoms with E-state index in [1.54, 1.807) is 6.20 Å². The summed E-state index contributed by atoms with van der Waals surface area (Å²) in [5.74, 6) is 3.33. The van der Waals surface area contributed by atoms with Crippen molar-refractivity contribution >= 4 is 24.0 Å². The molecular formula is C13H17N5S2. The van der Waals surface area contributed by atoms with E-state index in [0.29, 0.717) is 4.77 Å². The minimum Gasteiger partial charge on any atom is -0.300 e. The van der Waals surface area contributed by atoms with Gasteiger partial charge in [0.2, 0.25) is 0 Å². The van der Waals surface area contributed by atoms with Crippen molar-refractivity contribution in [3.63, 3.8) is 0 Å². The highest BCUT2D eigenvalue weighted by Crippen LogP contribution is 2.16. The highest BCUT2D eigenvalue weighted by molar-refractivity contribution is 7.99. The van der Waals surface area contributed by atoms with Crippen LogP contribution in [0, 0.1) is 4.77 Å². The highest BCUT2D eigenvalue weighted by Gasteiger charge is 2.13. The summed E-state index contributed by atoms with van der Waals surface area (Å²) in [7, 11) is 0. The SMILES string of the molecule is S=c1[nH]nc(-c2cccnc2)n1CCN1CCSCC1. The number of nitrogens with zero attached hydrogens (tertiary/aromatic N) is 4. The Morgan fingerprint density at radius 2 is 2.15 bits per heavy atom. The van der Waals surface area contributed by atoms with Gasteiger partial charge in [0.1, 0.15) is 0 Å². The van der Waals surface area contributed by atoms with Crippen molar-refractivity contribution in [2.75, 3.05) is 31.1 Å². The van der Waals surface area contributed by atoms with E-state index >= 15 is 0 Å². The summed E-state index contributed by atoms with van der Waals surface area (Å²) in [4.78, 5) is 6.63. The molecule has 1 aliphatic heterocycles. The minimum absolute atomic E-state index is 0.676. The predicted octanol–water partition coefficient (Wildman–Crippen LogP) is 2.05. The summed E-state index contributed by atoms with van der Waals surface area (Å²) in [5, 5.41) is 7.22. The maximum absolute atomic E-state index is 5.34. The van der Waals surface area contributed by atoms with Gasteiger partial charge in [0.25, 0.3) is 0 Å². The first-order valence-electron chi connectivity index (χ1n) is 6.70. The molecule has 1 saturated heterocycles. The van der Waals surface area contributed by atoms with Crippen molar-refractivity contribution in [3.05, 3.63) is 29.3 Å². The summed E-state index contributed by atoms with van der Waals surface area (Å²) in [5.41, 5.74) is 0.994. The molecule has 3 rings (SSSR count). The van der Waals surface area contributed by atoms with Crippen LogP contribution >= 0.6 is 24.0 Å². The Morgan fingerprint density at radius 3 is 2.90 bits per heavy atom. The average molecular weight is 307 g/mol. The monoisotopic (exact) mass is 307 g/mol. The summed E-state index contributed by atoms with van der Waals surface area (Å²) in [6, 6.07) is 3.92. The summed E-state index contributed by atoms with van der Waals surface area (Å²) in [6.45, 7) is 4.21. The van der Waals surface area contributed by atoms with Gasteiger partial charge in [-0.25, -0.2) is 0 Å². The number of nitrogens with one attached hydrogen (secondary N) is 1. The van der Waals surface area contributed by atoms with Gasteiger partial charge < -0.3 is 0 Å². The topological polar surface area (TPSA) is 49.7 Å². The standard InChI is InChI=1S/C13H17N5S2/c19-13-16-15-12(11-2-1-3-14-10-11)18(13)5-4-17-6-8-20-9-7-17/h1-3,10H,4-9H2,(H,16,19). The van der Waals surface area contributed by atoms with Crippen molar-refractivity contribution in [1.29, 1.82) is 0 Å². The van der Waals surface area contributed by atoms with Crippen LogP contribution in [-0.2, 0) is 6.54 Å². The minimum atomic E-state index is 0.676. The smallest absolute Gasteiger partial charge is 0.195 e. The largest absolute Gasteiger partial charge is 0.300 e. The summed E-state index contributed by atoms with van der Waals surface area (Å²) >= 11 is 7.37. The van der Waals surface area contributed by atoms with Gasteiger partial charge in [-0.1, -0.05) is 0 Å². The van der Waals surface area contributed by atoms with Crippen molar-refractivity contribution in [3.8, 4) is 11.4 Å². The number of hydrogen-bond acceptors (Lipinski definition) is 5. The molecule has 1 fully saturated rings. The summed E-state index contributed by atoms with van der Waals surface area (Å²) in [6.07, 6.45) is 3.58. The number of H-pyrrole nitrogens is 1. The Hall–Kier alpha value is -1.18. The van der Waals surface area contributed by atoms with E-state index < -0.39 is 0 Å². The normalized spacial score (nSPS) is 16.4. The van der Waals surface area contributed by atoms with Gasteiger partial charge >= 0.3 is 0 Å². The molecule has 0 radical (unpaired) electrons. The van der Waals surface area contributed by atoms with Crippen molar-refractivity contribution in [2.24, 2.45) is 0 Å². The van der Waals surface area contributed by atoms with E-state index in [-0.39, 0.29) is 0 Å². The number of aromatic nitrogens is 4. The number of pyridine rings is 1. The maximum atomic E-state index is 5.34. The molecule has 0 spiro atoms. The second-order valence-corrected chi connectivity index (χ2v) is 6.31. The molecule has 1 aliphatic rings. The van der Waals surface area contributed by atoms with Crippen LogP contribution in [0.4, 0.5) is 0 Å². The summed E-state index contributed by atoms with van der Waals surface area (Å²) < 4.78 is 2.74. The van der Waals surface area contributed by atoms with E-state index in [0.717, 1.165) is 37.6 Å². The van der Waals surface area contributed by atoms with E-state index in [2.05, 4.69) is 24.6 Å². The first-order chi connectivity index (χ1) is 9.84. The third-order valence-electron chi connectivity index (χ3n) is 3.42. The van der Waals surface area contributed by atoms with E-state index in [1.807, 2.05) is 30.1 Å². The first-order valence-corrected chi connectivity index (χ1v) is 8.26. The quantitative estimate of drug-likeness (QED) is 0.876. The molecule has 1 N–H and O–H groups in total. The van der Waals surface area contributed by atoms with Gasteiger partial charge in [-0.3, -0.25) is 19.5 Å². The maximum Gasteiger partial charge on any atom is 0.195 e. The highest BCUT2D eigenvalue weighted by atomic mass is 32.2. The fraction of sp³-hybridized carbons (Fsp3) is 0.462. The Balaban J connectivity index is 1.76. The fourth-order valence-electron chi connectivity index (χ4n) is 2.31. The van der Waals surface area contributed by atoms with Crippen LogP contribution in [0.3, 0.4) is 0 Å². The third kappa shape index (κ3) is 3.11. The van der Waals surface area contributed by atoms with E-state index in [9.17, 15) is 0 Å². The van der Waals surface area contributed by atoms with Gasteiger partial charge in [0, 0.05) is 55.6 Å². The van der Waals surface area contributed by atoms with Crippen LogP contribution < -0.4 is 0 Å². The van der Waals surface area contributed by atoms with Gasteiger partial charge in [-0.05, 0) is 24.4 Å². The zero-order valence-corrected chi connectivity index (χ0v) is 12.8. The number of aromatic amines is 1. The molecule has 2 aromatic heterocycles. The molecule has 0 bridgehead atoms. The number of thioether (sulfide) groups is 1. The zero-order valence-electron chi connectivity index (χ0n) is 11.2. The second kappa shape index (κ2) is 6.51. The van der Waals surface area contributed by atoms with Crippen LogP contribution in [0.15, 0.2) is 24.5 Å². The molecule has 3 heterocycles. The lowest BCUT2D eigenvalue weighted by Crippen LogP contribution is -2.35. The van der Waals surface area contributed by atoms with Gasteiger partial charge in [0.15, 0.2) is 10.6 Å². The molecular weight excluding hydrogens is 290 g/mol. The Bertz CT molecular complexity index is 601. The number of hydrogen-bond donors (Lipinski definition) is 1. The molecule has 0 amide bonds. The second-order valence-electron chi connectivity index (χ2n) is 4.70. The van der Waals surface area contributed by atoms with Gasteiger partial charge in [-0.2, -0.15) is 16.9 Å². The molecule has 2 aromatic rings. The lowest BCUT2D eigenvalue weighted by molar-refractivity contribution is 0.289. The lowest BCUT2D eigenvalue weighted by Gasteiger charge is -2.26. The van der Waals surface area contributed by atoms with Crippen LogP contribution in [0.5, 0.6) is 0 Å². The molecule has 0 aliphatic carbocycles. The van der Waals surface area contributed by atoms with Crippen LogP contribution in [-0.4, -0.2) is 55.8 Å². The molecule has 0 saturated carbocycles. The van der Waals surface area contributed by atoms with Crippen molar-refractivity contribution < 1.29 is 0 Å². The number of rotatable bonds is 4. The molecule has 0 unspecified atom stereocenters. The van der Waals surface area contributed by atoms with Crippen LogP contribution in [0.25, 0.3) is 11.4 Å². The van der Waals surface area contributed by atoms with E-state index in [1.165, 1.54) is 11.5 Å². The van der Waals surface area contributed by atoms with Crippen LogP contribution in [0.2, 0.25) is 0 Å². The molecule has 20 heavy (non-hydrogen) atoms. The third-order valence-corrected chi connectivity index (χ3v) is 4.68. The predicted molar refractivity (Wildman–Crippen MR) is 84.4 cm³/mol. The molecule has 0 aromatic carbocycles. The average Bonchev–Trinajstić information content (AvgIpc) is 2.88. The van der Waals surface area contributed by atoms with Gasteiger partial charge in [0.05, 0.1) is 0 Å². The molecule has 106 valence electrons. The Morgan fingerprint density at radius 1 is 1.30 bits per heavy atom. The lowest BCUT2D eigenvalue weighted by atomic mass is 10.2. The Labute approximate surface area is 127 Å². The van der Waals surface area contributed by atoms with Crippen molar-refractivity contribution in [2.45, 2.75) is 6.54 Å². The first kappa shape index (κ1) is 13.8. The zero-order chi connectivity index (χ0) is 13.8.